The lowest BCUT2D eigenvalue weighted by molar-refractivity contribution is 0.0789. The Balaban J connectivity index is 1.43. The van der Waals surface area contributed by atoms with Crippen LogP contribution in [0.15, 0.2) is 54.7 Å². The van der Waals surface area contributed by atoms with E-state index in [-0.39, 0.29) is 18.6 Å². The fourth-order valence-electron chi connectivity index (χ4n) is 2.96. The van der Waals surface area contributed by atoms with Crippen LogP contribution in [-0.4, -0.2) is 34.9 Å². The van der Waals surface area contributed by atoms with Crippen molar-refractivity contribution in [3.8, 4) is 17.2 Å². The number of fused-ring (bicyclic) bond motifs is 1. The highest BCUT2D eigenvalue weighted by molar-refractivity contribution is 5.95. The summed E-state index contributed by atoms with van der Waals surface area (Å²) in [4.78, 5) is 12.5. The van der Waals surface area contributed by atoms with Crippen molar-refractivity contribution in [3.63, 3.8) is 0 Å². The van der Waals surface area contributed by atoms with Crippen LogP contribution < -0.4 is 14.8 Å². The normalized spacial score (nSPS) is 15.4. The number of carbonyl (C=O) groups excluding carboxylic acids is 1. The molecule has 0 saturated carbocycles. The van der Waals surface area contributed by atoms with E-state index in [4.69, 9.17) is 9.47 Å². The third kappa shape index (κ3) is 3.36. The standard InChI is InChI=1S/C20H18FN3O3/c1-13-15(11-23-24(13)17-7-3-2-6-16(17)21)20(25)22-10-14-12-26-18-8-4-5-9-19(18)27-14/h2-9,11,14H,10,12H2,1H3,(H,22,25). The number of hydrogen-bond acceptors (Lipinski definition) is 4. The van der Waals surface area contributed by atoms with Crippen molar-refractivity contribution in [2.75, 3.05) is 13.2 Å². The minimum atomic E-state index is -0.401. The number of ether oxygens (including phenoxy) is 2. The van der Waals surface area contributed by atoms with Gasteiger partial charge in [-0.05, 0) is 31.2 Å². The molecule has 27 heavy (non-hydrogen) atoms. The van der Waals surface area contributed by atoms with E-state index in [2.05, 4.69) is 10.4 Å². The molecule has 1 amide bonds. The molecular weight excluding hydrogens is 349 g/mol. The van der Waals surface area contributed by atoms with Crippen molar-refractivity contribution in [2.45, 2.75) is 13.0 Å². The van der Waals surface area contributed by atoms with Crippen LogP contribution in [0.3, 0.4) is 0 Å². The number of halogens is 1. The SMILES string of the molecule is Cc1c(C(=O)NCC2COc3ccccc3O2)cnn1-c1ccccc1F. The monoisotopic (exact) mass is 367 g/mol. The maximum Gasteiger partial charge on any atom is 0.254 e. The molecule has 1 atom stereocenters. The molecule has 6 nitrogen and oxygen atoms in total. The van der Waals surface area contributed by atoms with Crippen LogP contribution in [0, 0.1) is 12.7 Å². The molecule has 1 aliphatic rings. The molecule has 138 valence electrons. The summed E-state index contributed by atoms with van der Waals surface area (Å²) in [5.74, 6) is 0.660. The predicted octanol–water partition coefficient (Wildman–Crippen LogP) is 2.89. The Labute approximate surface area is 155 Å². The van der Waals surface area contributed by atoms with Crippen LogP contribution in [0.1, 0.15) is 16.1 Å². The van der Waals surface area contributed by atoms with E-state index in [1.54, 1.807) is 25.1 Å². The Morgan fingerprint density at radius 2 is 1.96 bits per heavy atom. The number of benzene rings is 2. The molecule has 0 bridgehead atoms. The van der Waals surface area contributed by atoms with Gasteiger partial charge in [0.25, 0.3) is 5.91 Å². The van der Waals surface area contributed by atoms with Crippen LogP contribution in [0.25, 0.3) is 5.69 Å². The van der Waals surface area contributed by atoms with Gasteiger partial charge in [-0.15, -0.1) is 0 Å². The van der Waals surface area contributed by atoms with E-state index in [1.807, 2.05) is 24.3 Å². The first-order chi connectivity index (χ1) is 13.1. The molecule has 0 fully saturated rings. The number of nitrogens with zero attached hydrogens (tertiary/aromatic N) is 2. The zero-order chi connectivity index (χ0) is 18.8. The molecule has 0 spiro atoms. The number of nitrogens with one attached hydrogen (secondary N) is 1. The van der Waals surface area contributed by atoms with Crippen LogP contribution in [0.2, 0.25) is 0 Å². The molecule has 4 rings (SSSR count). The van der Waals surface area contributed by atoms with E-state index in [0.29, 0.717) is 35.1 Å². The fourth-order valence-corrected chi connectivity index (χ4v) is 2.96. The Morgan fingerprint density at radius 3 is 2.78 bits per heavy atom. The van der Waals surface area contributed by atoms with E-state index >= 15 is 0 Å². The highest BCUT2D eigenvalue weighted by Gasteiger charge is 2.22. The van der Waals surface area contributed by atoms with E-state index in [0.717, 1.165) is 0 Å². The lowest BCUT2D eigenvalue weighted by Gasteiger charge is -2.26. The zero-order valence-electron chi connectivity index (χ0n) is 14.7. The maximum absolute atomic E-state index is 14.0. The van der Waals surface area contributed by atoms with Crippen molar-refractivity contribution in [3.05, 3.63) is 71.8 Å². The second-order valence-corrected chi connectivity index (χ2v) is 6.21. The number of carbonyl (C=O) groups is 1. The number of para-hydroxylation sites is 3. The highest BCUT2D eigenvalue weighted by atomic mass is 19.1. The molecule has 1 N–H and O–H groups in total. The van der Waals surface area contributed by atoms with Gasteiger partial charge < -0.3 is 14.8 Å². The van der Waals surface area contributed by atoms with Gasteiger partial charge in [0.05, 0.1) is 24.0 Å². The van der Waals surface area contributed by atoms with Gasteiger partial charge in [-0.1, -0.05) is 24.3 Å². The summed E-state index contributed by atoms with van der Waals surface area (Å²) < 4.78 is 26.9. The highest BCUT2D eigenvalue weighted by Crippen LogP contribution is 2.30. The molecule has 1 aromatic heterocycles. The van der Waals surface area contributed by atoms with Crippen molar-refractivity contribution in [2.24, 2.45) is 0 Å². The lowest BCUT2D eigenvalue weighted by Crippen LogP contribution is -2.40. The van der Waals surface area contributed by atoms with Gasteiger partial charge in [0.15, 0.2) is 11.5 Å². The topological polar surface area (TPSA) is 65.4 Å². The van der Waals surface area contributed by atoms with Gasteiger partial charge in [-0.2, -0.15) is 5.10 Å². The summed E-state index contributed by atoms with van der Waals surface area (Å²) in [6.45, 7) is 2.37. The minimum Gasteiger partial charge on any atom is -0.486 e. The summed E-state index contributed by atoms with van der Waals surface area (Å²) in [6.07, 6.45) is 1.15. The van der Waals surface area contributed by atoms with Crippen molar-refractivity contribution < 1.29 is 18.7 Å². The van der Waals surface area contributed by atoms with Crippen molar-refractivity contribution in [1.29, 1.82) is 0 Å². The quantitative estimate of drug-likeness (QED) is 0.770. The molecule has 3 aromatic rings. The average molecular weight is 367 g/mol. The fraction of sp³-hybridized carbons (Fsp3) is 0.200. The summed E-state index contributed by atoms with van der Waals surface area (Å²) in [6, 6.07) is 13.7. The molecule has 0 radical (unpaired) electrons. The van der Waals surface area contributed by atoms with Gasteiger partial charge in [-0.25, -0.2) is 9.07 Å². The number of aromatic nitrogens is 2. The molecular formula is C20H18FN3O3. The summed E-state index contributed by atoms with van der Waals surface area (Å²) in [5, 5.41) is 6.98. The zero-order valence-corrected chi connectivity index (χ0v) is 14.7. The number of amides is 1. The third-order valence-electron chi connectivity index (χ3n) is 4.39. The van der Waals surface area contributed by atoms with Crippen LogP contribution in [0.5, 0.6) is 11.5 Å². The maximum atomic E-state index is 14.0. The van der Waals surface area contributed by atoms with Gasteiger partial charge >= 0.3 is 0 Å². The Bertz CT molecular complexity index is 986. The first-order valence-electron chi connectivity index (χ1n) is 8.59. The molecule has 2 aromatic carbocycles. The molecule has 1 aliphatic heterocycles. The second kappa shape index (κ2) is 7.11. The predicted molar refractivity (Wildman–Crippen MR) is 96.9 cm³/mol. The molecule has 0 saturated heterocycles. The van der Waals surface area contributed by atoms with E-state index in [9.17, 15) is 9.18 Å². The van der Waals surface area contributed by atoms with Crippen LogP contribution >= 0.6 is 0 Å². The first kappa shape index (κ1) is 17.1. The molecule has 2 heterocycles. The molecule has 1 unspecified atom stereocenters. The van der Waals surface area contributed by atoms with Crippen molar-refractivity contribution >= 4 is 5.91 Å². The smallest absolute Gasteiger partial charge is 0.254 e. The van der Waals surface area contributed by atoms with Gasteiger partial charge in [0, 0.05) is 0 Å². The summed E-state index contributed by atoms with van der Waals surface area (Å²) >= 11 is 0. The molecule has 0 aliphatic carbocycles. The second-order valence-electron chi connectivity index (χ2n) is 6.21. The van der Waals surface area contributed by atoms with Gasteiger partial charge in [-0.3, -0.25) is 4.79 Å². The summed E-state index contributed by atoms with van der Waals surface area (Å²) in [5.41, 5.74) is 1.24. The Hall–Kier alpha value is -3.35. The van der Waals surface area contributed by atoms with Crippen LogP contribution in [0.4, 0.5) is 4.39 Å². The first-order valence-corrected chi connectivity index (χ1v) is 8.59. The largest absolute Gasteiger partial charge is 0.486 e. The average Bonchev–Trinajstić information content (AvgIpc) is 3.07. The Kier molecular flexibility index (Phi) is 4.50. The minimum absolute atomic E-state index is 0.286. The molecule has 7 heteroatoms. The van der Waals surface area contributed by atoms with Gasteiger partial charge in [0.2, 0.25) is 0 Å². The van der Waals surface area contributed by atoms with Gasteiger partial charge in [0.1, 0.15) is 24.2 Å². The lowest BCUT2D eigenvalue weighted by atomic mass is 10.2. The number of rotatable bonds is 4. The third-order valence-corrected chi connectivity index (χ3v) is 4.39. The number of hydrogen-bond donors (Lipinski definition) is 1. The van der Waals surface area contributed by atoms with Crippen LogP contribution in [-0.2, 0) is 0 Å². The van der Waals surface area contributed by atoms with E-state index in [1.165, 1.54) is 16.9 Å². The van der Waals surface area contributed by atoms with E-state index < -0.39 is 5.82 Å². The Morgan fingerprint density at radius 1 is 1.22 bits per heavy atom. The summed E-state index contributed by atoms with van der Waals surface area (Å²) in [7, 11) is 0. The van der Waals surface area contributed by atoms with Crippen molar-refractivity contribution in [1.82, 2.24) is 15.1 Å².